The molecule has 3 nitrogen and oxygen atoms in total. The molecule has 36 valence electrons. The molecule has 0 saturated heterocycles. The monoisotopic (exact) mass is 107 g/mol. The van der Waals surface area contributed by atoms with Crippen LogP contribution in [-0.4, -0.2) is 16.6 Å². The van der Waals surface area contributed by atoms with Crippen molar-refractivity contribution >= 4 is 17.6 Å². The van der Waals surface area contributed by atoms with Gasteiger partial charge in [-0.2, -0.15) is 5.14 Å². The molecule has 0 aromatic rings. The van der Waals surface area contributed by atoms with E-state index in [1.54, 1.807) is 0 Å². The number of aldehydes is 1. The number of hydrogen-bond donors (Lipinski definition) is 1. The van der Waals surface area contributed by atoms with Gasteiger partial charge in [-0.25, -0.2) is 0 Å². The third kappa shape index (κ3) is 3.94. The van der Waals surface area contributed by atoms with Gasteiger partial charge in [-0.05, 0) is 0 Å². The average Bonchev–Trinajstić information content (AvgIpc) is 1.35. The topological polar surface area (TPSA) is 66.2 Å². The summed E-state index contributed by atoms with van der Waals surface area (Å²) in [4.78, 5) is 9.34. The van der Waals surface area contributed by atoms with Gasteiger partial charge in [0.2, 0.25) is 0 Å². The van der Waals surface area contributed by atoms with Gasteiger partial charge in [-0.3, -0.25) is 4.79 Å². The van der Waals surface area contributed by atoms with E-state index >= 15 is 0 Å². The molecular formula is C2H5NO2S. The second-order valence-electron chi connectivity index (χ2n) is 0.714. The Bertz CT molecular complexity index is 46.8. The van der Waals surface area contributed by atoms with Gasteiger partial charge in [0.05, 0.1) is 0 Å². The summed E-state index contributed by atoms with van der Waals surface area (Å²) in [6.45, 7) is 0. The first-order valence-corrected chi connectivity index (χ1v) is 2.72. The maximum atomic E-state index is 9.70. The zero-order chi connectivity index (χ0) is 4.99. The minimum absolute atomic E-state index is 0.0556. The van der Waals surface area contributed by atoms with E-state index in [0.717, 1.165) is 0 Å². The summed E-state index contributed by atoms with van der Waals surface area (Å²) in [5, 5.41) is 4.64. The molecule has 0 aliphatic carbocycles. The van der Waals surface area contributed by atoms with Gasteiger partial charge in [-0.15, -0.1) is 0 Å². The zero-order valence-electron chi connectivity index (χ0n) is 3.09. The third-order valence-corrected chi connectivity index (χ3v) is 0.697. The van der Waals surface area contributed by atoms with E-state index in [9.17, 15) is 9.35 Å². The van der Waals surface area contributed by atoms with Crippen molar-refractivity contribution in [3.05, 3.63) is 0 Å². The molecule has 2 N–H and O–H groups in total. The molecule has 0 fully saturated rings. The SMILES string of the molecule is N[S+]([O-])CC=O. The molecule has 0 rings (SSSR count). The highest BCUT2D eigenvalue weighted by Gasteiger charge is 1.89. The summed E-state index contributed by atoms with van der Waals surface area (Å²) in [6, 6.07) is 0. The highest BCUT2D eigenvalue weighted by molar-refractivity contribution is 7.89. The number of carbonyl (C=O) groups is 1. The molecule has 0 aromatic carbocycles. The first-order valence-electron chi connectivity index (χ1n) is 1.33. The fourth-order valence-corrected chi connectivity index (χ4v) is 0.201. The van der Waals surface area contributed by atoms with E-state index in [2.05, 4.69) is 5.14 Å². The Kier molecular flexibility index (Phi) is 3.11. The summed E-state index contributed by atoms with van der Waals surface area (Å²) in [5.41, 5.74) is 0. The van der Waals surface area contributed by atoms with Crippen LogP contribution in [0.5, 0.6) is 0 Å². The largest absolute Gasteiger partial charge is 0.598 e. The molecule has 0 bridgehead atoms. The number of rotatable bonds is 2. The molecule has 0 amide bonds. The summed E-state index contributed by atoms with van der Waals surface area (Å²) in [7, 11) is 0. The Hall–Kier alpha value is -0.0600. The van der Waals surface area contributed by atoms with Crippen LogP contribution < -0.4 is 5.14 Å². The minimum Gasteiger partial charge on any atom is -0.598 e. The smallest absolute Gasteiger partial charge is 0.180 e. The van der Waals surface area contributed by atoms with Crippen molar-refractivity contribution in [3.63, 3.8) is 0 Å². The van der Waals surface area contributed by atoms with Crippen molar-refractivity contribution in [2.45, 2.75) is 0 Å². The van der Waals surface area contributed by atoms with E-state index in [0.29, 0.717) is 6.29 Å². The molecule has 0 spiro atoms. The molecule has 0 saturated carbocycles. The fraction of sp³-hybridized carbons (Fsp3) is 0.500. The lowest BCUT2D eigenvalue weighted by Gasteiger charge is -1.92. The van der Waals surface area contributed by atoms with Crippen LogP contribution in [0.4, 0.5) is 0 Å². The molecule has 0 aromatic heterocycles. The predicted octanol–water partition coefficient (Wildman–Crippen LogP) is -1.19. The van der Waals surface area contributed by atoms with Crippen molar-refractivity contribution in [2.75, 3.05) is 5.75 Å². The van der Waals surface area contributed by atoms with Crippen LogP contribution in [0.1, 0.15) is 0 Å². The lowest BCUT2D eigenvalue weighted by Crippen LogP contribution is -2.16. The summed E-state index contributed by atoms with van der Waals surface area (Å²) in [6.07, 6.45) is 0.524. The van der Waals surface area contributed by atoms with Crippen LogP contribution in [0.3, 0.4) is 0 Å². The van der Waals surface area contributed by atoms with Gasteiger partial charge >= 0.3 is 0 Å². The van der Waals surface area contributed by atoms with Crippen LogP contribution >= 0.6 is 0 Å². The summed E-state index contributed by atoms with van der Waals surface area (Å²) < 4.78 is 9.70. The molecule has 1 unspecified atom stereocenters. The number of hydrogen-bond acceptors (Lipinski definition) is 3. The van der Waals surface area contributed by atoms with Crippen molar-refractivity contribution in [1.29, 1.82) is 0 Å². The third-order valence-electron chi connectivity index (χ3n) is 0.232. The lowest BCUT2D eigenvalue weighted by molar-refractivity contribution is -0.105. The maximum absolute atomic E-state index is 9.70. The Morgan fingerprint density at radius 3 is 2.50 bits per heavy atom. The van der Waals surface area contributed by atoms with Gasteiger partial charge in [0.1, 0.15) is 0 Å². The highest BCUT2D eigenvalue weighted by atomic mass is 32.2. The van der Waals surface area contributed by atoms with Crippen molar-refractivity contribution in [2.24, 2.45) is 5.14 Å². The van der Waals surface area contributed by atoms with E-state index in [1.807, 2.05) is 0 Å². The Morgan fingerprint density at radius 2 is 2.50 bits per heavy atom. The van der Waals surface area contributed by atoms with Crippen LogP contribution in [-0.2, 0) is 16.2 Å². The summed E-state index contributed by atoms with van der Waals surface area (Å²) >= 11 is -1.43. The second-order valence-corrected chi connectivity index (χ2v) is 1.81. The molecule has 0 aliphatic rings. The maximum Gasteiger partial charge on any atom is 0.180 e. The average molecular weight is 107 g/mol. The van der Waals surface area contributed by atoms with Crippen LogP contribution in [0, 0.1) is 0 Å². The van der Waals surface area contributed by atoms with E-state index in [1.165, 1.54) is 0 Å². The number of carbonyl (C=O) groups excluding carboxylic acids is 1. The van der Waals surface area contributed by atoms with Gasteiger partial charge < -0.3 is 4.55 Å². The van der Waals surface area contributed by atoms with Gasteiger partial charge in [-0.1, -0.05) is 0 Å². The van der Waals surface area contributed by atoms with Gasteiger partial charge in [0.25, 0.3) is 0 Å². The molecule has 6 heavy (non-hydrogen) atoms. The quantitative estimate of drug-likeness (QED) is 0.356. The van der Waals surface area contributed by atoms with E-state index < -0.39 is 11.4 Å². The minimum atomic E-state index is -1.43. The molecule has 0 heterocycles. The Labute approximate surface area is 38.8 Å². The zero-order valence-corrected chi connectivity index (χ0v) is 3.90. The second kappa shape index (κ2) is 3.14. The van der Waals surface area contributed by atoms with Crippen molar-refractivity contribution in [1.82, 2.24) is 0 Å². The van der Waals surface area contributed by atoms with Crippen molar-refractivity contribution < 1.29 is 9.35 Å². The van der Waals surface area contributed by atoms with Crippen molar-refractivity contribution in [3.8, 4) is 0 Å². The summed E-state index contributed by atoms with van der Waals surface area (Å²) in [5.74, 6) is -0.0556. The Balaban J connectivity index is 2.81. The lowest BCUT2D eigenvalue weighted by atomic mass is 10.9. The fourth-order valence-electron chi connectivity index (χ4n) is 0.0671. The van der Waals surface area contributed by atoms with Gasteiger partial charge in [0, 0.05) is 11.4 Å². The molecule has 1 atom stereocenters. The van der Waals surface area contributed by atoms with Crippen LogP contribution in [0.25, 0.3) is 0 Å². The van der Waals surface area contributed by atoms with E-state index in [4.69, 9.17) is 0 Å². The van der Waals surface area contributed by atoms with Gasteiger partial charge in [0.15, 0.2) is 12.0 Å². The van der Waals surface area contributed by atoms with Crippen LogP contribution in [0.15, 0.2) is 0 Å². The highest BCUT2D eigenvalue weighted by Crippen LogP contribution is 1.66. The normalized spacial score (nSPS) is 13.7. The molecular weight excluding hydrogens is 102 g/mol. The Morgan fingerprint density at radius 1 is 2.00 bits per heavy atom. The first kappa shape index (κ1) is 5.94. The molecule has 0 radical (unpaired) electrons. The van der Waals surface area contributed by atoms with E-state index in [-0.39, 0.29) is 5.75 Å². The first-order chi connectivity index (χ1) is 2.77. The molecule has 0 aliphatic heterocycles. The predicted molar refractivity (Wildman–Crippen MR) is 23.3 cm³/mol. The standard InChI is InChI=1S/C2H5NO2S/c3-6(5)2-1-4/h1H,2-3H2. The number of nitrogens with two attached hydrogens (primary N) is 1. The van der Waals surface area contributed by atoms with Crippen LogP contribution in [0.2, 0.25) is 0 Å². The molecule has 4 heteroatoms.